The Kier molecular flexibility index (Phi) is 6.78. The van der Waals surface area contributed by atoms with E-state index < -0.39 is 0 Å². The monoisotopic (exact) mass is 446 g/mol. The first-order chi connectivity index (χ1) is 15.5. The van der Waals surface area contributed by atoms with E-state index in [4.69, 9.17) is 9.72 Å². The number of thiocarbonyl (C=S) groups is 1. The van der Waals surface area contributed by atoms with Gasteiger partial charge in [0.2, 0.25) is 5.91 Å². The largest absolute Gasteiger partial charge is 0.454 e. The molecule has 1 N–H and O–H groups in total. The highest BCUT2D eigenvalue weighted by atomic mass is 32.1. The van der Waals surface area contributed by atoms with Gasteiger partial charge >= 0.3 is 0 Å². The molecule has 0 unspecified atom stereocenters. The minimum atomic E-state index is -0.191. The number of ether oxygens (including phenoxy) is 1. The summed E-state index contributed by atoms with van der Waals surface area (Å²) in [5.41, 5.74) is 4.94. The zero-order valence-electron chi connectivity index (χ0n) is 18.2. The molecule has 164 valence electrons. The number of hydrogen-bond acceptors (Lipinski definition) is 6. The van der Waals surface area contributed by atoms with E-state index in [1.807, 2.05) is 30.3 Å². The Balaban J connectivity index is 1.45. The fraction of sp³-hybridized carbons (Fsp3) is 0.240. The predicted octanol–water partition coefficient (Wildman–Crippen LogP) is 4.28. The molecule has 2 aromatic carbocycles. The summed E-state index contributed by atoms with van der Waals surface area (Å²) in [6, 6.07) is 15.3. The number of nitrogens with one attached hydrogen (secondary N) is 1. The van der Waals surface area contributed by atoms with Gasteiger partial charge in [-0.2, -0.15) is 0 Å². The number of nitrogens with zero attached hydrogens (tertiary/aromatic N) is 3. The molecule has 0 aliphatic carbocycles. The molecule has 1 aliphatic heterocycles. The number of piperazine rings is 1. The van der Waals surface area contributed by atoms with Gasteiger partial charge in [0, 0.05) is 43.3 Å². The lowest BCUT2D eigenvalue weighted by atomic mass is 10.1. The number of carbonyl (C=O) groups excluding carboxylic acids is 1. The smallest absolute Gasteiger partial charge is 0.248 e. The van der Waals surface area contributed by atoms with E-state index in [1.165, 1.54) is 11.6 Å². The molecule has 0 radical (unpaired) electrons. The number of aromatic nitrogens is 1. The standard InChI is InChI=1S/C25H26N4O2S/c1-18-15-24(29-13-11-28(2)12-14-29)27-23-9-6-20(16-22(18)23)26-25(30)10-5-19-3-7-21(8-4-19)31-17-32/h3-10,15-17H,11-14H2,1-2H3,(H,26,30). The molecule has 0 bridgehead atoms. The van der Waals surface area contributed by atoms with Gasteiger partial charge in [0.15, 0.2) is 5.55 Å². The molecule has 1 aliphatic rings. The van der Waals surface area contributed by atoms with Crippen molar-refractivity contribution in [2.45, 2.75) is 6.92 Å². The molecule has 6 nitrogen and oxygen atoms in total. The molecule has 3 aromatic rings. The summed E-state index contributed by atoms with van der Waals surface area (Å²) in [4.78, 5) is 21.9. The number of pyridine rings is 1. The number of carbonyl (C=O) groups is 1. The minimum Gasteiger partial charge on any atom is -0.454 e. The zero-order chi connectivity index (χ0) is 22.5. The van der Waals surface area contributed by atoms with Crippen LogP contribution in [0.25, 0.3) is 17.0 Å². The highest BCUT2D eigenvalue weighted by Crippen LogP contribution is 2.26. The topological polar surface area (TPSA) is 57.7 Å². The predicted molar refractivity (Wildman–Crippen MR) is 135 cm³/mol. The van der Waals surface area contributed by atoms with Crippen molar-refractivity contribution in [1.29, 1.82) is 0 Å². The van der Waals surface area contributed by atoms with Crippen molar-refractivity contribution >= 4 is 52.2 Å². The first-order valence-corrected chi connectivity index (χ1v) is 11.0. The van der Waals surface area contributed by atoms with Crippen molar-refractivity contribution < 1.29 is 9.53 Å². The molecular formula is C25H26N4O2S. The molecule has 7 heteroatoms. The third-order valence-electron chi connectivity index (χ3n) is 5.59. The number of fused-ring (bicyclic) bond motifs is 1. The lowest BCUT2D eigenvalue weighted by Crippen LogP contribution is -2.44. The van der Waals surface area contributed by atoms with E-state index in [1.54, 1.807) is 18.2 Å². The average molecular weight is 447 g/mol. The number of hydrogen-bond donors (Lipinski definition) is 1. The second-order valence-corrected chi connectivity index (χ2v) is 8.12. The number of benzene rings is 2. The van der Waals surface area contributed by atoms with Crippen molar-refractivity contribution in [3.63, 3.8) is 0 Å². The Morgan fingerprint density at radius 3 is 2.56 bits per heavy atom. The summed E-state index contributed by atoms with van der Waals surface area (Å²) in [5, 5.41) is 3.97. The van der Waals surface area contributed by atoms with Crippen LogP contribution in [-0.4, -0.2) is 54.6 Å². The van der Waals surface area contributed by atoms with Crippen LogP contribution in [0.3, 0.4) is 0 Å². The fourth-order valence-electron chi connectivity index (χ4n) is 3.72. The van der Waals surface area contributed by atoms with Gasteiger partial charge in [0.05, 0.1) is 5.52 Å². The summed E-state index contributed by atoms with van der Waals surface area (Å²) < 4.78 is 5.13. The molecule has 1 aromatic heterocycles. The maximum Gasteiger partial charge on any atom is 0.248 e. The summed E-state index contributed by atoms with van der Waals surface area (Å²) in [5.74, 6) is 1.49. The molecule has 0 spiro atoms. The van der Waals surface area contributed by atoms with Crippen LogP contribution in [0.15, 0.2) is 54.6 Å². The van der Waals surface area contributed by atoms with E-state index in [-0.39, 0.29) is 5.91 Å². The molecule has 32 heavy (non-hydrogen) atoms. The van der Waals surface area contributed by atoms with Crippen molar-refractivity contribution in [3.8, 4) is 5.75 Å². The molecule has 0 atom stereocenters. The van der Waals surface area contributed by atoms with E-state index in [9.17, 15) is 4.79 Å². The summed E-state index contributed by atoms with van der Waals surface area (Å²) >= 11 is 4.67. The van der Waals surface area contributed by atoms with Gasteiger partial charge in [-0.25, -0.2) is 4.98 Å². The second kappa shape index (κ2) is 9.89. The lowest BCUT2D eigenvalue weighted by molar-refractivity contribution is -0.111. The molecule has 1 saturated heterocycles. The van der Waals surface area contributed by atoms with Crippen LogP contribution in [0.2, 0.25) is 0 Å². The van der Waals surface area contributed by atoms with E-state index in [0.717, 1.165) is 59.7 Å². The fourth-order valence-corrected chi connectivity index (χ4v) is 3.83. The van der Waals surface area contributed by atoms with E-state index >= 15 is 0 Å². The molecule has 1 amide bonds. The molecule has 4 rings (SSSR count). The maximum atomic E-state index is 12.4. The number of aryl methyl sites for hydroxylation is 1. The van der Waals surface area contributed by atoms with Gasteiger partial charge in [0.1, 0.15) is 11.6 Å². The Hall–Kier alpha value is -3.29. The van der Waals surface area contributed by atoms with Crippen molar-refractivity contribution in [2.75, 3.05) is 43.4 Å². The number of anilines is 2. The molecule has 0 saturated carbocycles. The highest BCUT2D eigenvalue weighted by molar-refractivity contribution is 7.78. The molecular weight excluding hydrogens is 420 g/mol. The minimum absolute atomic E-state index is 0.191. The van der Waals surface area contributed by atoms with Crippen LogP contribution < -0.4 is 15.0 Å². The van der Waals surface area contributed by atoms with Gasteiger partial charge in [-0.15, -0.1) is 0 Å². The summed E-state index contributed by atoms with van der Waals surface area (Å²) in [6.07, 6.45) is 3.27. The Morgan fingerprint density at radius 1 is 1.09 bits per heavy atom. The van der Waals surface area contributed by atoms with Crippen molar-refractivity contribution in [2.24, 2.45) is 0 Å². The van der Waals surface area contributed by atoms with Crippen LogP contribution in [0.1, 0.15) is 11.1 Å². The van der Waals surface area contributed by atoms with E-state index in [2.05, 4.69) is 47.4 Å². The van der Waals surface area contributed by atoms with Crippen LogP contribution in [0.5, 0.6) is 5.75 Å². The van der Waals surface area contributed by atoms with Crippen LogP contribution >= 0.6 is 12.2 Å². The molecule has 1 fully saturated rings. The van der Waals surface area contributed by atoms with Gasteiger partial charge in [-0.3, -0.25) is 4.79 Å². The van der Waals surface area contributed by atoms with Crippen molar-refractivity contribution in [1.82, 2.24) is 9.88 Å². The second-order valence-electron chi connectivity index (χ2n) is 7.93. The SMILES string of the molecule is Cc1cc(N2CCN(C)CC2)nc2ccc(NC(=O)C=Cc3ccc(OC=S)cc3)cc12. The number of amides is 1. The quantitative estimate of drug-likeness (QED) is 0.451. The third-order valence-corrected chi connectivity index (χ3v) is 5.68. The normalized spacial score (nSPS) is 14.6. The van der Waals surface area contributed by atoms with Crippen LogP contribution in [0.4, 0.5) is 11.5 Å². The number of rotatable bonds is 6. The first-order valence-electron chi connectivity index (χ1n) is 10.6. The van der Waals surface area contributed by atoms with Crippen LogP contribution in [0, 0.1) is 6.92 Å². The Bertz CT molecular complexity index is 1150. The Labute approximate surface area is 193 Å². The third kappa shape index (κ3) is 5.30. The molecule has 2 heterocycles. The van der Waals surface area contributed by atoms with Gasteiger partial charge in [-0.05, 0) is 79.8 Å². The number of likely N-dealkylation sites (N-methyl/N-ethyl adjacent to an activating group) is 1. The average Bonchev–Trinajstić information content (AvgIpc) is 2.79. The van der Waals surface area contributed by atoms with Crippen LogP contribution in [-0.2, 0) is 4.79 Å². The van der Waals surface area contributed by atoms with Gasteiger partial charge in [0.25, 0.3) is 0 Å². The highest BCUT2D eigenvalue weighted by Gasteiger charge is 2.16. The van der Waals surface area contributed by atoms with Gasteiger partial charge in [-0.1, -0.05) is 12.1 Å². The maximum absolute atomic E-state index is 12.4. The summed E-state index contributed by atoms with van der Waals surface area (Å²) in [6.45, 7) is 6.14. The first kappa shape index (κ1) is 21.9. The van der Waals surface area contributed by atoms with E-state index in [0.29, 0.717) is 5.75 Å². The summed E-state index contributed by atoms with van der Waals surface area (Å²) in [7, 11) is 2.15. The van der Waals surface area contributed by atoms with Crippen molar-refractivity contribution in [3.05, 3.63) is 65.7 Å². The van der Waals surface area contributed by atoms with Gasteiger partial charge < -0.3 is 19.9 Å². The Morgan fingerprint density at radius 2 is 1.84 bits per heavy atom. The lowest BCUT2D eigenvalue weighted by Gasteiger charge is -2.33. The zero-order valence-corrected chi connectivity index (χ0v) is 19.1.